The highest BCUT2D eigenvalue weighted by Crippen LogP contribution is 2.26. The summed E-state index contributed by atoms with van der Waals surface area (Å²) in [6.45, 7) is 2.44. The molecule has 0 bridgehead atoms. The van der Waals surface area contributed by atoms with Crippen LogP contribution in [0, 0.1) is 5.82 Å². The molecule has 2 heterocycles. The van der Waals surface area contributed by atoms with E-state index in [0.717, 1.165) is 11.1 Å². The summed E-state index contributed by atoms with van der Waals surface area (Å²) in [6, 6.07) is 13.6. The van der Waals surface area contributed by atoms with Gasteiger partial charge in [0.15, 0.2) is 0 Å². The first-order valence-corrected chi connectivity index (χ1v) is 6.96. The summed E-state index contributed by atoms with van der Waals surface area (Å²) >= 11 is 0. The van der Waals surface area contributed by atoms with Crippen molar-refractivity contribution in [3.63, 3.8) is 0 Å². The lowest BCUT2D eigenvalue weighted by atomic mass is 10.1. The molecule has 2 aromatic heterocycles. The second-order valence-electron chi connectivity index (χ2n) is 4.60. The van der Waals surface area contributed by atoms with E-state index in [1.165, 1.54) is 12.1 Å². The Morgan fingerprint density at radius 3 is 2.36 bits per heavy atom. The van der Waals surface area contributed by atoms with Gasteiger partial charge in [0.25, 0.3) is 0 Å². The first-order chi connectivity index (χ1) is 10.8. The van der Waals surface area contributed by atoms with E-state index in [0.29, 0.717) is 23.9 Å². The van der Waals surface area contributed by atoms with E-state index < -0.39 is 0 Å². The number of ether oxygens (including phenoxy) is 1. The van der Waals surface area contributed by atoms with Gasteiger partial charge in [0.05, 0.1) is 23.6 Å². The van der Waals surface area contributed by atoms with Crippen LogP contribution < -0.4 is 4.74 Å². The molecule has 0 amide bonds. The maximum Gasteiger partial charge on any atom is 0.222 e. The average Bonchev–Trinajstić information content (AvgIpc) is 2.57. The predicted octanol–water partition coefficient (Wildman–Crippen LogP) is 3.74. The van der Waals surface area contributed by atoms with Crippen molar-refractivity contribution in [2.45, 2.75) is 6.92 Å². The smallest absolute Gasteiger partial charge is 0.222 e. The van der Waals surface area contributed by atoms with E-state index in [1.807, 2.05) is 31.2 Å². The Labute approximate surface area is 127 Å². The van der Waals surface area contributed by atoms with Crippen molar-refractivity contribution in [3.8, 4) is 28.4 Å². The summed E-state index contributed by atoms with van der Waals surface area (Å²) < 4.78 is 18.4. The van der Waals surface area contributed by atoms with Crippen LogP contribution >= 0.6 is 0 Å². The van der Waals surface area contributed by atoms with Gasteiger partial charge in [-0.3, -0.25) is 0 Å². The monoisotopic (exact) mass is 295 g/mol. The van der Waals surface area contributed by atoms with Gasteiger partial charge < -0.3 is 4.74 Å². The van der Waals surface area contributed by atoms with Gasteiger partial charge in [0, 0.05) is 11.8 Å². The Bertz CT molecular complexity index is 758. The topological polar surface area (TPSA) is 47.9 Å². The maximum absolute atomic E-state index is 12.9. The molecule has 0 aliphatic carbocycles. The number of aromatic nitrogens is 3. The van der Waals surface area contributed by atoms with Gasteiger partial charge in [-0.05, 0) is 55.5 Å². The van der Waals surface area contributed by atoms with Gasteiger partial charge in [-0.1, -0.05) is 0 Å². The van der Waals surface area contributed by atoms with Gasteiger partial charge in [0.1, 0.15) is 5.82 Å². The molecule has 5 heteroatoms. The zero-order valence-corrected chi connectivity index (χ0v) is 12.0. The molecule has 0 aliphatic heterocycles. The molecule has 0 unspecified atom stereocenters. The number of rotatable bonds is 4. The number of halogens is 1. The number of hydrogen-bond acceptors (Lipinski definition) is 4. The normalized spacial score (nSPS) is 10.5. The SMILES string of the molecule is CCOc1ncccc1-c1ccc(-c2ccc(F)cc2)nn1. The van der Waals surface area contributed by atoms with Crippen molar-refractivity contribution < 1.29 is 9.13 Å². The largest absolute Gasteiger partial charge is 0.477 e. The number of pyridine rings is 1. The standard InChI is InChI=1S/C17H14FN3O/c1-2-22-17-14(4-3-11-19-17)16-10-9-15(20-21-16)12-5-7-13(18)8-6-12/h3-11H,2H2,1H3. The summed E-state index contributed by atoms with van der Waals surface area (Å²) in [7, 11) is 0. The van der Waals surface area contributed by atoms with E-state index in [-0.39, 0.29) is 5.82 Å². The van der Waals surface area contributed by atoms with E-state index in [9.17, 15) is 4.39 Å². The van der Waals surface area contributed by atoms with Crippen LogP contribution in [0.5, 0.6) is 5.88 Å². The quantitative estimate of drug-likeness (QED) is 0.735. The Morgan fingerprint density at radius 2 is 1.68 bits per heavy atom. The summed E-state index contributed by atoms with van der Waals surface area (Å²) in [6.07, 6.45) is 1.68. The van der Waals surface area contributed by atoms with Crippen LogP contribution in [0.2, 0.25) is 0 Å². The third kappa shape index (κ3) is 2.93. The molecular formula is C17H14FN3O. The zero-order valence-electron chi connectivity index (χ0n) is 12.0. The number of hydrogen-bond donors (Lipinski definition) is 0. The average molecular weight is 295 g/mol. The van der Waals surface area contributed by atoms with E-state index in [4.69, 9.17) is 4.74 Å². The summed E-state index contributed by atoms with van der Waals surface area (Å²) in [5.41, 5.74) is 2.98. The molecule has 3 aromatic rings. The molecule has 0 fully saturated rings. The zero-order chi connectivity index (χ0) is 15.4. The van der Waals surface area contributed by atoms with Crippen molar-refractivity contribution in [1.82, 2.24) is 15.2 Å². The van der Waals surface area contributed by atoms with Crippen LogP contribution in [0.15, 0.2) is 54.7 Å². The van der Waals surface area contributed by atoms with Crippen molar-refractivity contribution in [1.29, 1.82) is 0 Å². The minimum atomic E-state index is -0.273. The number of nitrogens with zero attached hydrogens (tertiary/aromatic N) is 3. The fraction of sp³-hybridized carbons (Fsp3) is 0.118. The van der Waals surface area contributed by atoms with Crippen molar-refractivity contribution in [2.75, 3.05) is 6.61 Å². The fourth-order valence-electron chi connectivity index (χ4n) is 2.09. The molecule has 110 valence electrons. The van der Waals surface area contributed by atoms with Gasteiger partial charge in [-0.2, -0.15) is 0 Å². The minimum absolute atomic E-state index is 0.273. The van der Waals surface area contributed by atoms with Crippen molar-refractivity contribution >= 4 is 0 Å². The molecule has 3 rings (SSSR count). The first kappa shape index (κ1) is 14.1. The lowest BCUT2D eigenvalue weighted by molar-refractivity contribution is 0.328. The fourth-order valence-corrected chi connectivity index (χ4v) is 2.09. The van der Waals surface area contributed by atoms with Crippen molar-refractivity contribution in [2.24, 2.45) is 0 Å². The highest BCUT2D eigenvalue weighted by atomic mass is 19.1. The second-order valence-corrected chi connectivity index (χ2v) is 4.60. The molecule has 4 nitrogen and oxygen atoms in total. The Kier molecular flexibility index (Phi) is 4.05. The van der Waals surface area contributed by atoms with Crippen LogP contribution in [0.1, 0.15) is 6.92 Å². The van der Waals surface area contributed by atoms with Gasteiger partial charge in [-0.15, -0.1) is 10.2 Å². The van der Waals surface area contributed by atoms with Crippen LogP contribution in [-0.2, 0) is 0 Å². The lowest BCUT2D eigenvalue weighted by Crippen LogP contribution is -1.98. The molecule has 0 saturated heterocycles. The second kappa shape index (κ2) is 6.30. The Balaban J connectivity index is 1.93. The van der Waals surface area contributed by atoms with Gasteiger partial charge in [0.2, 0.25) is 5.88 Å². The highest BCUT2D eigenvalue weighted by Gasteiger charge is 2.09. The van der Waals surface area contributed by atoms with Crippen LogP contribution in [0.25, 0.3) is 22.5 Å². The van der Waals surface area contributed by atoms with Crippen molar-refractivity contribution in [3.05, 3.63) is 60.5 Å². The summed E-state index contributed by atoms with van der Waals surface area (Å²) in [5.74, 6) is 0.263. The molecule has 1 aromatic carbocycles. The van der Waals surface area contributed by atoms with Crippen LogP contribution in [-0.4, -0.2) is 21.8 Å². The van der Waals surface area contributed by atoms with Gasteiger partial charge in [-0.25, -0.2) is 9.37 Å². The lowest BCUT2D eigenvalue weighted by Gasteiger charge is -2.08. The molecule has 0 spiro atoms. The third-order valence-electron chi connectivity index (χ3n) is 3.13. The molecule has 0 aliphatic rings. The van der Waals surface area contributed by atoms with E-state index in [1.54, 1.807) is 18.3 Å². The molecule has 0 radical (unpaired) electrons. The first-order valence-electron chi connectivity index (χ1n) is 6.96. The van der Waals surface area contributed by atoms with E-state index >= 15 is 0 Å². The molecule has 0 atom stereocenters. The third-order valence-corrected chi connectivity index (χ3v) is 3.13. The highest BCUT2D eigenvalue weighted by molar-refractivity contribution is 5.66. The molecule has 22 heavy (non-hydrogen) atoms. The Hall–Kier alpha value is -2.82. The van der Waals surface area contributed by atoms with Crippen LogP contribution in [0.3, 0.4) is 0 Å². The number of benzene rings is 1. The maximum atomic E-state index is 12.9. The van der Waals surface area contributed by atoms with Gasteiger partial charge >= 0.3 is 0 Å². The Morgan fingerprint density at radius 1 is 0.955 bits per heavy atom. The molecular weight excluding hydrogens is 281 g/mol. The minimum Gasteiger partial charge on any atom is -0.477 e. The summed E-state index contributed by atoms with van der Waals surface area (Å²) in [5, 5.41) is 8.43. The predicted molar refractivity (Wildman–Crippen MR) is 81.8 cm³/mol. The van der Waals surface area contributed by atoms with E-state index in [2.05, 4.69) is 15.2 Å². The molecule has 0 saturated carbocycles. The summed E-state index contributed by atoms with van der Waals surface area (Å²) in [4.78, 5) is 4.20. The molecule has 0 N–H and O–H groups in total. The van der Waals surface area contributed by atoms with Crippen LogP contribution in [0.4, 0.5) is 4.39 Å².